The molecule has 0 bridgehead atoms. The Hall–Kier alpha value is -2.25. The maximum absolute atomic E-state index is 10.8. The first-order chi connectivity index (χ1) is 13.5. The molecule has 7 heteroatoms. The van der Waals surface area contributed by atoms with E-state index < -0.39 is 10.1 Å². The first-order valence-electron chi connectivity index (χ1n) is 9.57. The van der Waals surface area contributed by atoms with Crippen LogP contribution in [0.2, 0.25) is 0 Å². The highest BCUT2D eigenvalue weighted by Gasteiger charge is 2.00. The normalized spacial score (nSPS) is 11.8. The molecule has 0 heterocycles. The van der Waals surface area contributed by atoms with Crippen LogP contribution in [0.3, 0.4) is 0 Å². The average Bonchev–Trinajstić information content (AvgIpc) is 2.69. The Morgan fingerprint density at radius 1 is 0.714 bits per heavy atom. The Morgan fingerprint density at radius 2 is 1.25 bits per heavy atom. The smallest absolute Gasteiger partial charge is 0.264 e. The van der Waals surface area contributed by atoms with Crippen LogP contribution in [0.1, 0.15) is 38.5 Å². The fourth-order valence-electron chi connectivity index (χ4n) is 2.53. The molecule has 0 aromatic heterocycles. The number of hydrogen-bond acceptors (Lipinski definition) is 6. The highest BCUT2D eigenvalue weighted by atomic mass is 32.2. The maximum atomic E-state index is 10.8. The van der Waals surface area contributed by atoms with Gasteiger partial charge >= 0.3 is 0 Å². The molecule has 0 atom stereocenters. The van der Waals surface area contributed by atoms with Crippen LogP contribution in [0.4, 0.5) is 11.4 Å². The summed E-state index contributed by atoms with van der Waals surface area (Å²) in [5.41, 5.74) is 1.61. The van der Waals surface area contributed by atoms with Gasteiger partial charge < -0.3 is 4.74 Å². The van der Waals surface area contributed by atoms with E-state index in [2.05, 4.69) is 10.2 Å². The molecule has 2 aromatic rings. The van der Waals surface area contributed by atoms with Crippen molar-refractivity contribution in [3.8, 4) is 5.75 Å². The van der Waals surface area contributed by atoms with Crippen LogP contribution in [0.25, 0.3) is 0 Å². The molecule has 152 valence electrons. The third kappa shape index (κ3) is 10.2. The number of ether oxygens (including phenoxy) is 1. The highest BCUT2D eigenvalue weighted by Crippen LogP contribution is 2.21. The van der Waals surface area contributed by atoms with Crippen molar-refractivity contribution in [1.29, 1.82) is 0 Å². The van der Waals surface area contributed by atoms with Crippen LogP contribution in [0.15, 0.2) is 64.8 Å². The summed E-state index contributed by atoms with van der Waals surface area (Å²) in [4.78, 5) is 0. The van der Waals surface area contributed by atoms with Gasteiger partial charge in [-0.1, -0.05) is 43.9 Å². The topological polar surface area (TPSA) is 77.3 Å². The van der Waals surface area contributed by atoms with Crippen molar-refractivity contribution < 1.29 is 17.3 Å². The lowest BCUT2D eigenvalue weighted by Crippen LogP contribution is -2.03. The van der Waals surface area contributed by atoms with Crippen molar-refractivity contribution in [1.82, 2.24) is 0 Å². The van der Waals surface area contributed by atoms with Crippen molar-refractivity contribution in [2.24, 2.45) is 10.2 Å². The monoisotopic (exact) mass is 404 g/mol. The Labute approximate surface area is 167 Å². The predicted octanol–water partition coefficient (Wildman–Crippen LogP) is 5.80. The molecule has 0 aliphatic rings. The number of benzene rings is 2. The molecule has 0 N–H and O–H groups in total. The molecule has 0 spiro atoms. The lowest BCUT2D eigenvalue weighted by Gasteiger charge is -2.06. The summed E-state index contributed by atoms with van der Waals surface area (Å²) < 4.78 is 32.1. The average molecular weight is 405 g/mol. The van der Waals surface area contributed by atoms with Gasteiger partial charge in [-0.2, -0.15) is 18.6 Å². The second-order valence-electron chi connectivity index (χ2n) is 6.53. The summed E-state index contributed by atoms with van der Waals surface area (Å²) in [7, 11) is -3.30. The molecule has 2 rings (SSSR count). The zero-order valence-corrected chi connectivity index (χ0v) is 17.1. The van der Waals surface area contributed by atoms with Gasteiger partial charge in [0.2, 0.25) is 0 Å². The van der Waals surface area contributed by atoms with Crippen LogP contribution in [-0.4, -0.2) is 27.9 Å². The van der Waals surface area contributed by atoms with E-state index in [1.807, 2.05) is 54.6 Å². The molecule has 0 aliphatic heterocycles. The second-order valence-corrected chi connectivity index (χ2v) is 8.17. The van der Waals surface area contributed by atoms with Crippen molar-refractivity contribution >= 4 is 21.5 Å². The fraction of sp³-hybridized carbons (Fsp3) is 0.429. The standard InChI is InChI=1S/C21H28N2O4S/c1-28(24,25)27-18-10-5-3-2-4-9-17-26-21-15-13-20(14-16-21)23-22-19-11-7-6-8-12-19/h6-8,11-16H,2-5,9-10,17-18H2,1H3. The van der Waals surface area contributed by atoms with Gasteiger partial charge in [-0.05, 0) is 49.2 Å². The number of nitrogens with zero attached hydrogens (tertiary/aromatic N) is 2. The van der Waals surface area contributed by atoms with Crippen LogP contribution in [0.5, 0.6) is 5.75 Å². The van der Waals surface area contributed by atoms with E-state index in [0.29, 0.717) is 6.61 Å². The summed E-state index contributed by atoms with van der Waals surface area (Å²) in [5, 5.41) is 8.40. The van der Waals surface area contributed by atoms with Crippen molar-refractivity contribution in [3.05, 3.63) is 54.6 Å². The van der Waals surface area contributed by atoms with Crippen molar-refractivity contribution in [2.45, 2.75) is 38.5 Å². The van der Waals surface area contributed by atoms with E-state index in [0.717, 1.165) is 61.9 Å². The molecule has 0 unspecified atom stereocenters. The van der Waals surface area contributed by atoms with Gasteiger partial charge in [0.1, 0.15) is 5.75 Å². The Bertz CT molecular complexity index is 806. The first-order valence-corrected chi connectivity index (χ1v) is 11.4. The zero-order valence-electron chi connectivity index (χ0n) is 16.3. The van der Waals surface area contributed by atoms with E-state index in [9.17, 15) is 8.42 Å². The fourth-order valence-corrected chi connectivity index (χ4v) is 2.95. The third-order valence-corrected chi connectivity index (χ3v) is 4.57. The van der Waals surface area contributed by atoms with E-state index in [1.54, 1.807) is 0 Å². The van der Waals surface area contributed by atoms with Crippen molar-refractivity contribution in [3.63, 3.8) is 0 Å². The molecule has 0 aliphatic carbocycles. The summed E-state index contributed by atoms with van der Waals surface area (Å²) >= 11 is 0. The highest BCUT2D eigenvalue weighted by molar-refractivity contribution is 7.85. The molecule has 0 saturated heterocycles. The van der Waals surface area contributed by atoms with Gasteiger partial charge in [0.15, 0.2) is 0 Å². The summed E-state index contributed by atoms with van der Waals surface area (Å²) in [6.07, 6.45) is 7.11. The van der Waals surface area contributed by atoms with E-state index in [-0.39, 0.29) is 6.61 Å². The van der Waals surface area contributed by atoms with Crippen LogP contribution < -0.4 is 4.74 Å². The molecule has 0 amide bonds. The lowest BCUT2D eigenvalue weighted by molar-refractivity contribution is 0.299. The molecule has 28 heavy (non-hydrogen) atoms. The molecule has 0 radical (unpaired) electrons. The quantitative estimate of drug-likeness (QED) is 0.240. The molecular formula is C21H28N2O4S. The summed E-state index contributed by atoms with van der Waals surface area (Å²) in [5.74, 6) is 0.830. The van der Waals surface area contributed by atoms with Gasteiger partial charge in [0, 0.05) is 0 Å². The number of azo groups is 1. The van der Waals surface area contributed by atoms with Crippen LogP contribution in [-0.2, 0) is 14.3 Å². The number of unbranched alkanes of at least 4 members (excludes halogenated alkanes) is 5. The first kappa shape index (κ1) is 22.0. The largest absolute Gasteiger partial charge is 0.494 e. The molecular weight excluding hydrogens is 376 g/mol. The lowest BCUT2D eigenvalue weighted by atomic mass is 10.1. The van der Waals surface area contributed by atoms with Gasteiger partial charge in [-0.3, -0.25) is 4.18 Å². The van der Waals surface area contributed by atoms with E-state index in [4.69, 9.17) is 8.92 Å². The second kappa shape index (κ2) is 12.3. The predicted molar refractivity (Wildman–Crippen MR) is 111 cm³/mol. The van der Waals surface area contributed by atoms with Crippen molar-refractivity contribution in [2.75, 3.05) is 19.5 Å². The van der Waals surface area contributed by atoms with Crippen LogP contribution >= 0.6 is 0 Å². The van der Waals surface area contributed by atoms with E-state index >= 15 is 0 Å². The van der Waals surface area contributed by atoms with Gasteiger partial charge in [-0.15, -0.1) is 0 Å². The SMILES string of the molecule is CS(=O)(=O)OCCCCCCCCOc1ccc(N=Nc2ccccc2)cc1. The molecule has 6 nitrogen and oxygen atoms in total. The van der Waals surface area contributed by atoms with Gasteiger partial charge in [0.05, 0.1) is 30.8 Å². The minimum absolute atomic E-state index is 0.281. The van der Waals surface area contributed by atoms with Gasteiger partial charge in [-0.25, -0.2) is 0 Å². The number of hydrogen-bond donors (Lipinski definition) is 0. The maximum Gasteiger partial charge on any atom is 0.264 e. The minimum Gasteiger partial charge on any atom is -0.494 e. The number of rotatable bonds is 13. The molecule has 2 aromatic carbocycles. The third-order valence-electron chi connectivity index (χ3n) is 3.98. The van der Waals surface area contributed by atoms with Crippen LogP contribution in [0, 0.1) is 0 Å². The Kier molecular flexibility index (Phi) is 9.65. The molecule has 0 saturated carbocycles. The minimum atomic E-state index is -3.30. The summed E-state index contributed by atoms with van der Waals surface area (Å²) in [6, 6.07) is 17.2. The Balaban J connectivity index is 1.53. The van der Waals surface area contributed by atoms with E-state index in [1.165, 1.54) is 0 Å². The zero-order chi connectivity index (χ0) is 20.1. The molecule has 0 fully saturated rings. The Morgan fingerprint density at radius 3 is 1.86 bits per heavy atom. The summed E-state index contributed by atoms with van der Waals surface area (Å²) in [6.45, 7) is 0.963. The van der Waals surface area contributed by atoms with Gasteiger partial charge in [0.25, 0.3) is 10.1 Å².